The summed E-state index contributed by atoms with van der Waals surface area (Å²) in [5.41, 5.74) is -0.236. The van der Waals surface area contributed by atoms with Crippen molar-refractivity contribution >= 4 is 21.7 Å². The van der Waals surface area contributed by atoms with E-state index in [0.29, 0.717) is 18.4 Å². The fourth-order valence-corrected chi connectivity index (χ4v) is 3.81. The van der Waals surface area contributed by atoms with Gasteiger partial charge in [-0.05, 0) is 30.5 Å². The van der Waals surface area contributed by atoms with E-state index in [1.807, 2.05) is 0 Å². The minimum atomic E-state index is -3.22. The van der Waals surface area contributed by atoms with Crippen LogP contribution in [0.25, 0.3) is 0 Å². The topological polar surface area (TPSA) is 113 Å². The number of sulfone groups is 1. The van der Waals surface area contributed by atoms with Crippen LogP contribution in [-0.4, -0.2) is 38.7 Å². The lowest BCUT2D eigenvalue weighted by molar-refractivity contribution is -0.125. The molecule has 7 nitrogen and oxygen atoms in total. The molecule has 0 aliphatic heterocycles. The summed E-state index contributed by atoms with van der Waals surface area (Å²) in [6.07, 6.45) is 5.09. The number of hydrogen-bond acceptors (Lipinski definition) is 6. The largest absolute Gasteiger partial charge is 0.452 e. The predicted octanol–water partition coefficient (Wildman–Crippen LogP) is 1.73. The zero-order valence-corrected chi connectivity index (χ0v) is 15.5. The van der Waals surface area contributed by atoms with Gasteiger partial charge in [-0.1, -0.05) is 31.4 Å². The van der Waals surface area contributed by atoms with Crippen LogP contribution in [0.5, 0.6) is 0 Å². The maximum absolute atomic E-state index is 12.1. The normalized spacial score (nSPS) is 16.3. The third-order valence-electron chi connectivity index (χ3n) is 4.23. The summed E-state index contributed by atoms with van der Waals surface area (Å²) >= 11 is 0. The third-order valence-corrected chi connectivity index (χ3v) is 5.08. The summed E-state index contributed by atoms with van der Waals surface area (Å²) in [6.45, 7) is -0.488. The van der Waals surface area contributed by atoms with E-state index in [9.17, 15) is 23.3 Å². The molecule has 0 bridgehead atoms. The number of carbonyl (C=O) groups excluding carboxylic acids is 2. The Balaban J connectivity index is 1.93. The van der Waals surface area contributed by atoms with Gasteiger partial charge in [-0.3, -0.25) is 4.79 Å². The second-order valence-electron chi connectivity index (χ2n) is 6.65. The van der Waals surface area contributed by atoms with Gasteiger partial charge in [0.2, 0.25) is 0 Å². The molecule has 0 atom stereocenters. The number of ether oxygens (including phenoxy) is 1. The van der Waals surface area contributed by atoms with E-state index in [4.69, 9.17) is 4.74 Å². The van der Waals surface area contributed by atoms with E-state index in [0.717, 1.165) is 25.5 Å². The summed E-state index contributed by atoms with van der Waals surface area (Å²) in [4.78, 5) is 24.1. The Kier molecular flexibility index (Phi) is 6.37. The molecule has 0 saturated heterocycles. The Morgan fingerprint density at radius 3 is 2.58 bits per heavy atom. The van der Waals surface area contributed by atoms with Gasteiger partial charge >= 0.3 is 5.97 Å². The number of hydrogen-bond donors (Lipinski definition) is 1. The predicted molar refractivity (Wildman–Crippen MR) is 94.8 cm³/mol. The van der Waals surface area contributed by atoms with Crippen LogP contribution in [-0.2, 0) is 25.1 Å². The van der Waals surface area contributed by atoms with Gasteiger partial charge in [0.15, 0.2) is 16.4 Å². The summed E-state index contributed by atoms with van der Waals surface area (Å²) in [7, 11) is -3.22. The van der Waals surface area contributed by atoms with Crippen molar-refractivity contribution in [2.45, 2.75) is 43.4 Å². The molecule has 1 saturated carbocycles. The van der Waals surface area contributed by atoms with Crippen LogP contribution in [0.2, 0.25) is 0 Å². The molecule has 26 heavy (non-hydrogen) atoms. The van der Waals surface area contributed by atoms with E-state index in [2.05, 4.69) is 11.4 Å². The molecule has 1 aliphatic rings. The average Bonchev–Trinajstić information content (AvgIpc) is 2.59. The van der Waals surface area contributed by atoms with Crippen molar-refractivity contribution in [1.29, 1.82) is 5.26 Å². The molecule has 1 aromatic rings. The maximum atomic E-state index is 12.1. The highest BCUT2D eigenvalue weighted by molar-refractivity contribution is 7.89. The van der Waals surface area contributed by atoms with Crippen molar-refractivity contribution in [3.8, 4) is 6.07 Å². The SMILES string of the molecule is CS(=O)(=O)Cc1cccc(C(=O)OCC(=O)NC2(C#N)CCCCC2)c1. The molecule has 2 rings (SSSR count). The molecule has 8 heteroatoms. The molecule has 0 unspecified atom stereocenters. The average molecular weight is 378 g/mol. The molecule has 0 spiro atoms. The van der Waals surface area contributed by atoms with Gasteiger partial charge in [-0.2, -0.15) is 5.26 Å². The number of amides is 1. The number of carbonyl (C=O) groups is 2. The molecule has 140 valence electrons. The van der Waals surface area contributed by atoms with Crippen LogP contribution in [0.1, 0.15) is 48.0 Å². The van der Waals surface area contributed by atoms with Gasteiger partial charge < -0.3 is 10.1 Å². The second kappa shape index (κ2) is 8.32. The van der Waals surface area contributed by atoms with Gasteiger partial charge in [-0.25, -0.2) is 13.2 Å². The van der Waals surface area contributed by atoms with Gasteiger partial charge in [0.05, 0.1) is 17.4 Å². The third kappa shape index (κ3) is 5.85. The summed E-state index contributed by atoms with van der Waals surface area (Å²) in [6, 6.07) is 8.25. The number of nitrogens with one attached hydrogen (secondary N) is 1. The second-order valence-corrected chi connectivity index (χ2v) is 8.79. The minimum absolute atomic E-state index is 0.173. The van der Waals surface area contributed by atoms with Crippen LogP contribution < -0.4 is 5.32 Å². The van der Waals surface area contributed by atoms with Crippen LogP contribution in [0.3, 0.4) is 0 Å². The first-order chi connectivity index (χ1) is 12.2. The summed E-state index contributed by atoms with van der Waals surface area (Å²) in [5.74, 6) is -1.42. The lowest BCUT2D eigenvalue weighted by Crippen LogP contribution is -2.50. The molecule has 1 amide bonds. The van der Waals surface area contributed by atoms with Crippen LogP contribution in [0.15, 0.2) is 24.3 Å². The standard InChI is InChI=1S/C18H22N2O5S/c1-26(23,24)12-14-6-5-7-15(10-14)17(22)25-11-16(21)20-18(13-19)8-3-2-4-9-18/h5-7,10H,2-4,8-9,11-12H2,1H3,(H,20,21). The molecule has 0 radical (unpaired) electrons. The van der Waals surface area contributed by atoms with E-state index >= 15 is 0 Å². The van der Waals surface area contributed by atoms with Gasteiger partial charge in [0.1, 0.15) is 5.54 Å². The Morgan fingerprint density at radius 1 is 1.27 bits per heavy atom. The number of rotatable bonds is 6. The quantitative estimate of drug-likeness (QED) is 0.754. The number of benzene rings is 1. The first-order valence-electron chi connectivity index (χ1n) is 8.39. The van der Waals surface area contributed by atoms with Crippen molar-refractivity contribution in [2.75, 3.05) is 12.9 Å². The lowest BCUT2D eigenvalue weighted by Gasteiger charge is -2.31. The fourth-order valence-electron chi connectivity index (χ4n) is 3.03. The van der Waals surface area contributed by atoms with Crippen LogP contribution in [0, 0.1) is 11.3 Å². The fraction of sp³-hybridized carbons (Fsp3) is 0.500. The smallest absolute Gasteiger partial charge is 0.338 e. The van der Waals surface area contributed by atoms with Crippen molar-refractivity contribution < 1.29 is 22.7 Å². The van der Waals surface area contributed by atoms with E-state index in [-0.39, 0.29) is 11.3 Å². The molecule has 0 aromatic heterocycles. The van der Waals surface area contributed by atoms with Crippen molar-refractivity contribution in [3.05, 3.63) is 35.4 Å². The Hall–Kier alpha value is -2.40. The van der Waals surface area contributed by atoms with E-state index < -0.39 is 33.9 Å². The number of nitrogens with zero attached hydrogens (tertiary/aromatic N) is 1. The molecule has 1 aliphatic carbocycles. The Morgan fingerprint density at radius 2 is 1.96 bits per heavy atom. The number of esters is 1. The molecular weight excluding hydrogens is 356 g/mol. The van der Waals surface area contributed by atoms with Crippen LogP contribution >= 0.6 is 0 Å². The number of nitriles is 1. The van der Waals surface area contributed by atoms with Crippen molar-refractivity contribution in [3.63, 3.8) is 0 Å². The van der Waals surface area contributed by atoms with Gasteiger partial charge in [0.25, 0.3) is 5.91 Å². The zero-order valence-electron chi connectivity index (χ0n) is 14.7. The van der Waals surface area contributed by atoms with Crippen molar-refractivity contribution in [2.24, 2.45) is 0 Å². The molecule has 1 aromatic carbocycles. The highest BCUT2D eigenvalue weighted by atomic mass is 32.2. The highest BCUT2D eigenvalue weighted by Gasteiger charge is 2.33. The van der Waals surface area contributed by atoms with Crippen LogP contribution in [0.4, 0.5) is 0 Å². The maximum Gasteiger partial charge on any atom is 0.338 e. The van der Waals surface area contributed by atoms with Crippen molar-refractivity contribution in [1.82, 2.24) is 5.32 Å². The summed E-state index contributed by atoms with van der Waals surface area (Å²) in [5, 5.41) is 12.0. The van der Waals surface area contributed by atoms with E-state index in [1.54, 1.807) is 12.1 Å². The molecule has 0 heterocycles. The lowest BCUT2D eigenvalue weighted by atomic mass is 9.83. The molecule has 1 N–H and O–H groups in total. The first-order valence-corrected chi connectivity index (χ1v) is 10.5. The summed E-state index contributed by atoms with van der Waals surface area (Å²) < 4.78 is 27.7. The van der Waals surface area contributed by atoms with E-state index in [1.165, 1.54) is 12.1 Å². The van der Waals surface area contributed by atoms with Gasteiger partial charge in [-0.15, -0.1) is 0 Å². The Bertz CT molecular complexity index is 820. The molecular formula is C18H22N2O5S. The highest BCUT2D eigenvalue weighted by Crippen LogP contribution is 2.27. The van der Waals surface area contributed by atoms with Gasteiger partial charge in [0, 0.05) is 6.26 Å². The molecule has 1 fully saturated rings. The zero-order chi connectivity index (χ0) is 19.2. The monoisotopic (exact) mass is 378 g/mol. The Labute approximate surface area is 153 Å². The first kappa shape index (κ1) is 19.9. The minimum Gasteiger partial charge on any atom is -0.452 e.